The van der Waals surface area contributed by atoms with E-state index >= 15 is 0 Å². The largest absolute Gasteiger partial charge is 0.228 e. The van der Waals surface area contributed by atoms with Crippen molar-refractivity contribution in [2.45, 2.75) is 19.4 Å². The van der Waals surface area contributed by atoms with Gasteiger partial charge in [0, 0.05) is 5.56 Å². The molecule has 0 aliphatic carbocycles. The molecule has 1 radical (unpaired) electrons. The van der Waals surface area contributed by atoms with Crippen molar-refractivity contribution in [2.24, 2.45) is 0 Å². The van der Waals surface area contributed by atoms with Crippen LogP contribution < -0.4 is 0 Å². The summed E-state index contributed by atoms with van der Waals surface area (Å²) in [6, 6.07) is 5.13. The molecule has 0 fully saturated rings. The topological polar surface area (TPSA) is 19.9 Å². The fourth-order valence-electron chi connectivity index (χ4n) is 0.989. The van der Waals surface area contributed by atoms with Gasteiger partial charge in [0.25, 0.3) is 0 Å². The first-order chi connectivity index (χ1) is 5.66. The molecular formula is C9H9Cl2O. The minimum Gasteiger partial charge on any atom is -0.228 e. The Hall–Kier alpha value is -0.240. The van der Waals surface area contributed by atoms with Crippen molar-refractivity contribution in [3.63, 3.8) is 0 Å². The van der Waals surface area contributed by atoms with E-state index in [2.05, 4.69) is 0 Å². The van der Waals surface area contributed by atoms with Gasteiger partial charge in [0.15, 0.2) is 0 Å². The van der Waals surface area contributed by atoms with Gasteiger partial charge in [-0.3, -0.25) is 0 Å². The summed E-state index contributed by atoms with van der Waals surface area (Å²) in [5.74, 6) is 0. The normalized spacial score (nSPS) is 13.0. The second-order valence-electron chi connectivity index (χ2n) is 2.54. The van der Waals surface area contributed by atoms with Crippen LogP contribution in [0, 0.1) is 0 Å². The van der Waals surface area contributed by atoms with Crippen molar-refractivity contribution in [1.82, 2.24) is 0 Å². The fraction of sp³-hybridized carbons (Fsp3) is 0.333. The van der Waals surface area contributed by atoms with Crippen molar-refractivity contribution in [2.75, 3.05) is 0 Å². The summed E-state index contributed by atoms with van der Waals surface area (Å²) in [7, 11) is 0. The van der Waals surface area contributed by atoms with Crippen LogP contribution in [0.2, 0.25) is 10.0 Å². The third kappa shape index (κ3) is 1.92. The first kappa shape index (κ1) is 9.85. The Morgan fingerprint density at radius 2 is 2.08 bits per heavy atom. The SMILES string of the molecule is CCC([O])c1cccc(Cl)c1Cl. The summed E-state index contributed by atoms with van der Waals surface area (Å²) in [5.41, 5.74) is 0.590. The molecule has 1 unspecified atom stereocenters. The number of hydrogen-bond donors (Lipinski definition) is 0. The minimum absolute atomic E-state index is 0.390. The quantitative estimate of drug-likeness (QED) is 0.696. The van der Waals surface area contributed by atoms with E-state index in [0.717, 1.165) is 0 Å². The van der Waals surface area contributed by atoms with Gasteiger partial charge >= 0.3 is 0 Å². The minimum atomic E-state index is -0.767. The van der Waals surface area contributed by atoms with Gasteiger partial charge in [0.05, 0.1) is 10.0 Å². The Balaban J connectivity index is 3.07. The van der Waals surface area contributed by atoms with Gasteiger partial charge in [0.1, 0.15) is 6.10 Å². The molecule has 1 aromatic rings. The molecule has 0 heterocycles. The number of rotatable bonds is 2. The Morgan fingerprint density at radius 3 is 2.67 bits per heavy atom. The zero-order valence-corrected chi connectivity index (χ0v) is 8.19. The van der Waals surface area contributed by atoms with Crippen LogP contribution in [0.25, 0.3) is 0 Å². The number of halogens is 2. The Morgan fingerprint density at radius 1 is 1.42 bits per heavy atom. The van der Waals surface area contributed by atoms with Gasteiger partial charge in [-0.05, 0) is 12.5 Å². The molecule has 0 aromatic heterocycles. The molecule has 0 saturated carbocycles. The van der Waals surface area contributed by atoms with Crippen molar-refractivity contribution in [3.8, 4) is 0 Å². The summed E-state index contributed by atoms with van der Waals surface area (Å²) in [6.45, 7) is 1.83. The first-order valence-electron chi connectivity index (χ1n) is 3.76. The third-order valence-corrected chi connectivity index (χ3v) is 2.53. The molecule has 65 valence electrons. The zero-order valence-electron chi connectivity index (χ0n) is 6.68. The van der Waals surface area contributed by atoms with Gasteiger partial charge in [-0.15, -0.1) is 0 Å². The van der Waals surface area contributed by atoms with Crippen molar-refractivity contribution in [1.29, 1.82) is 0 Å². The van der Waals surface area contributed by atoms with Gasteiger partial charge < -0.3 is 0 Å². The highest BCUT2D eigenvalue weighted by molar-refractivity contribution is 6.42. The maximum Gasteiger partial charge on any atom is 0.119 e. The lowest BCUT2D eigenvalue weighted by Gasteiger charge is -2.08. The predicted octanol–water partition coefficient (Wildman–Crippen LogP) is 3.88. The van der Waals surface area contributed by atoms with Gasteiger partial charge in [-0.2, -0.15) is 0 Å². The molecule has 0 N–H and O–H groups in total. The molecule has 0 aliphatic heterocycles. The van der Waals surface area contributed by atoms with E-state index in [1.165, 1.54) is 0 Å². The highest BCUT2D eigenvalue weighted by Gasteiger charge is 2.12. The van der Waals surface area contributed by atoms with E-state index < -0.39 is 6.10 Å². The van der Waals surface area contributed by atoms with Crippen LogP contribution in [-0.4, -0.2) is 0 Å². The highest BCUT2D eigenvalue weighted by atomic mass is 35.5. The maximum absolute atomic E-state index is 11.3. The predicted molar refractivity (Wildman–Crippen MR) is 50.2 cm³/mol. The van der Waals surface area contributed by atoms with E-state index in [-0.39, 0.29) is 0 Å². The molecule has 1 rings (SSSR count). The van der Waals surface area contributed by atoms with Crippen LogP contribution in [0.5, 0.6) is 0 Å². The van der Waals surface area contributed by atoms with Crippen molar-refractivity contribution < 1.29 is 5.11 Å². The lowest BCUT2D eigenvalue weighted by atomic mass is 10.1. The van der Waals surface area contributed by atoms with Crippen LogP contribution in [0.3, 0.4) is 0 Å². The van der Waals surface area contributed by atoms with Crippen LogP contribution in [0.15, 0.2) is 18.2 Å². The summed E-state index contributed by atoms with van der Waals surface area (Å²) in [6.07, 6.45) is -0.240. The Bertz CT molecular complexity index is 273. The first-order valence-corrected chi connectivity index (χ1v) is 4.52. The Labute approximate surface area is 81.9 Å². The molecule has 1 atom stereocenters. The summed E-state index contributed by atoms with van der Waals surface area (Å²) < 4.78 is 0. The van der Waals surface area contributed by atoms with E-state index in [1.807, 2.05) is 6.92 Å². The second-order valence-corrected chi connectivity index (χ2v) is 3.33. The van der Waals surface area contributed by atoms with Crippen molar-refractivity contribution >= 4 is 23.2 Å². The summed E-state index contributed by atoms with van der Waals surface area (Å²) in [4.78, 5) is 0. The lowest BCUT2D eigenvalue weighted by molar-refractivity contribution is 0.0858. The lowest BCUT2D eigenvalue weighted by Crippen LogP contribution is -1.94. The molecule has 12 heavy (non-hydrogen) atoms. The van der Waals surface area contributed by atoms with E-state index in [0.29, 0.717) is 22.0 Å². The molecule has 0 amide bonds. The average Bonchev–Trinajstić information content (AvgIpc) is 2.08. The second kappa shape index (κ2) is 4.13. The van der Waals surface area contributed by atoms with Gasteiger partial charge in [0.2, 0.25) is 0 Å². The summed E-state index contributed by atoms with van der Waals surface area (Å²) >= 11 is 11.6. The summed E-state index contributed by atoms with van der Waals surface area (Å²) in [5, 5.41) is 12.2. The number of hydrogen-bond acceptors (Lipinski definition) is 0. The molecular weight excluding hydrogens is 195 g/mol. The van der Waals surface area contributed by atoms with E-state index in [4.69, 9.17) is 23.2 Å². The van der Waals surface area contributed by atoms with E-state index in [1.54, 1.807) is 18.2 Å². The fourth-order valence-corrected chi connectivity index (χ4v) is 1.42. The van der Waals surface area contributed by atoms with Gasteiger partial charge in [-0.25, -0.2) is 5.11 Å². The number of benzene rings is 1. The monoisotopic (exact) mass is 203 g/mol. The molecule has 0 aliphatic rings. The standard InChI is InChI=1S/C9H9Cl2O/c1-2-8(12)6-4-3-5-7(10)9(6)11/h3-5,8H,2H2,1H3. The van der Waals surface area contributed by atoms with Crippen molar-refractivity contribution in [3.05, 3.63) is 33.8 Å². The smallest absolute Gasteiger partial charge is 0.119 e. The molecule has 0 bridgehead atoms. The van der Waals surface area contributed by atoms with Gasteiger partial charge in [-0.1, -0.05) is 42.3 Å². The van der Waals surface area contributed by atoms with Crippen LogP contribution >= 0.6 is 23.2 Å². The molecule has 1 nitrogen and oxygen atoms in total. The zero-order chi connectivity index (χ0) is 9.14. The molecule has 1 aromatic carbocycles. The Kier molecular flexibility index (Phi) is 3.39. The van der Waals surface area contributed by atoms with Crippen LogP contribution in [0.4, 0.5) is 0 Å². The average molecular weight is 204 g/mol. The molecule has 3 heteroatoms. The van der Waals surface area contributed by atoms with Crippen LogP contribution in [0.1, 0.15) is 25.0 Å². The van der Waals surface area contributed by atoms with Crippen LogP contribution in [-0.2, 0) is 5.11 Å². The third-order valence-electron chi connectivity index (χ3n) is 1.70. The maximum atomic E-state index is 11.3. The highest BCUT2D eigenvalue weighted by Crippen LogP contribution is 2.31. The molecule has 0 saturated heterocycles. The van der Waals surface area contributed by atoms with E-state index in [9.17, 15) is 5.11 Å². The molecule has 0 spiro atoms.